The van der Waals surface area contributed by atoms with Gasteiger partial charge in [-0.15, -0.1) is 21.5 Å². The van der Waals surface area contributed by atoms with Crippen molar-refractivity contribution >= 4 is 17.2 Å². The number of hydrogen-bond donors (Lipinski definition) is 1. The topological polar surface area (TPSA) is 64.1 Å². The number of rotatable bonds is 5. The second-order valence-corrected chi connectivity index (χ2v) is 7.68. The van der Waals surface area contributed by atoms with Crippen LogP contribution in [0.5, 0.6) is 5.75 Å². The molecule has 1 unspecified atom stereocenters. The van der Waals surface area contributed by atoms with Crippen molar-refractivity contribution in [2.75, 3.05) is 6.54 Å². The van der Waals surface area contributed by atoms with Gasteiger partial charge < -0.3 is 10.1 Å². The minimum atomic E-state index is -0.429. The number of carbonyl (C=O) groups is 1. The van der Waals surface area contributed by atoms with E-state index in [4.69, 9.17) is 4.74 Å². The van der Waals surface area contributed by atoms with Crippen LogP contribution in [0.2, 0.25) is 0 Å². The number of nitrogens with zero attached hydrogens (tertiary/aromatic N) is 2. The Balaban J connectivity index is 1.51. The average Bonchev–Trinajstić information content (AvgIpc) is 3.14. The van der Waals surface area contributed by atoms with Crippen molar-refractivity contribution < 1.29 is 9.53 Å². The molecule has 5 nitrogen and oxygen atoms in total. The number of carbonyl (C=O) groups excluding carboxylic acids is 1. The van der Waals surface area contributed by atoms with Gasteiger partial charge in [-0.1, -0.05) is 19.9 Å². The maximum absolute atomic E-state index is 12.3. The Bertz CT molecular complexity index is 724. The molecule has 3 rings (SSSR count). The molecule has 1 amide bonds. The molecule has 6 heteroatoms. The maximum atomic E-state index is 12.3. The number of fused-ring (bicyclic) bond motifs is 1. The first kappa shape index (κ1) is 16.9. The number of nitrogens with one attached hydrogen (secondary N) is 1. The quantitative estimate of drug-likeness (QED) is 0.905. The summed E-state index contributed by atoms with van der Waals surface area (Å²) in [6.07, 6.45) is 0.911. The smallest absolute Gasteiger partial charge is 0.261 e. The number of aromatic nitrogens is 2. The standard InChI is InChI=1S/C18H23N3O2S/c1-10(2)18-21-20-16(24-18)5-6-19-17(22)15-9-13-7-11(3)12(4)8-14(13)23-15/h7-8,10,15H,5-6,9H2,1-4H3,(H,19,22). The maximum Gasteiger partial charge on any atom is 0.261 e. The number of hydrogen-bond acceptors (Lipinski definition) is 5. The zero-order chi connectivity index (χ0) is 17.3. The Hall–Kier alpha value is -1.95. The van der Waals surface area contributed by atoms with Crippen LogP contribution in [0.3, 0.4) is 0 Å². The van der Waals surface area contributed by atoms with Crippen molar-refractivity contribution in [2.24, 2.45) is 0 Å². The summed E-state index contributed by atoms with van der Waals surface area (Å²) in [7, 11) is 0. The second kappa shape index (κ2) is 6.89. The van der Waals surface area contributed by atoms with E-state index in [9.17, 15) is 4.79 Å². The average molecular weight is 345 g/mol. The minimum Gasteiger partial charge on any atom is -0.480 e. The molecule has 1 aromatic heterocycles. The normalized spacial score (nSPS) is 16.1. The third-order valence-electron chi connectivity index (χ3n) is 4.26. The number of aryl methyl sites for hydroxylation is 2. The Labute approximate surface area is 146 Å². The molecule has 1 N–H and O–H groups in total. The van der Waals surface area contributed by atoms with Crippen molar-refractivity contribution in [2.45, 2.75) is 52.6 Å². The van der Waals surface area contributed by atoms with E-state index in [1.807, 2.05) is 6.07 Å². The lowest BCUT2D eigenvalue weighted by atomic mass is 10.0. The van der Waals surface area contributed by atoms with Crippen LogP contribution in [0.1, 0.15) is 46.5 Å². The molecule has 0 saturated carbocycles. The van der Waals surface area contributed by atoms with Crippen LogP contribution in [0, 0.1) is 13.8 Å². The third kappa shape index (κ3) is 3.59. The molecule has 24 heavy (non-hydrogen) atoms. The molecule has 2 aromatic rings. The molecule has 1 aliphatic rings. The van der Waals surface area contributed by atoms with Crippen LogP contribution in [0.4, 0.5) is 0 Å². The van der Waals surface area contributed by atoms with Gasteiger partial charge >= 0.3 is 0 Å². The number of ether oxygens (including phenoxy) is 1. The van der Waals surface area contributed by atoms with Gasteiger partial charge in [-0.3, -0.25) is 4.79 Å². The molecule has 0 aliphatic carbocycles. The predicted octanol–water partition coefficient (Wildman–Crippen LogP) is 2.94. The predicted molar refractivity (Wildman–Crippen MR) is 94.7 cm³/mol. The molecule has 0 saturated heterocycles. The molecule has 0 fully saturated rings. The van der Waals surface area contributed by atoms with Crippen molar-refractivity contribution in [3.63, 3.8) is 0 Å². The first-order valence-electron chi connectivity index (χ1n) is 8.31. The van der Waals surface area contributed by atoms with Gasteiger partial charge in [0.15, 0.2) is 6.10 Å². The largest absolute Gasteiger partial charge is 0.480 e. The van der Waals surface area contributed by atoms with Gasteiger partial charge in [-0.25, -0.2) is 0 Å². The SMILES string of the molecule is Cc1cc2c(cc1C)OC(C(=O)NCCc1nnc(C(C)C)s1)C2. The zero-order valence-corrected chi connectivity index (χ0v) is 15.4. The van der Waals surface area contributed by atoms with Gasteiger partial charge in [0, 0.05) is 25.3 Å². The molecule has 0 bridgehead atoms. The van der Waals surface area contributed by atoms with E-state index < -0.39 is 6.10 Å². The summed E-state index contributed by atoms with van der Waals surface area (Å²) < 4.78 is 5.81. The van der Waals surface area contributed by atoms with E-state index in [1.54, 1.807) is 11.3 Å². The fourth-order valence-electron chi connectivity index (χ4n) is 2.67. The molecule has 0 spiro atoms. The van der Waals surface area contributed by atoms with Crippen molar-refractivity contribution in [1.82, 2.24) is 15.5 Å². The first-order chi connectivity index (χ1) is 11.4. The lowest BCUT2D eigenvalue weighted by Crippen LogP contribution is -2.38. The molecule has 1 aromatic carbocycles. The van der Waals surface area contributed by atoms with E-state index in [0.717, 1.165) is 21.3 Å². The van der Waals surface area contributed by atoms with Crippen LogP contribution < -0.4 is 10.1 Å². The molecular weight excluding hydrogens is 322 g/mol. The summed E-state index contributed by atoms with van der Waals surface area (Å²) in [5.74, 6) is 1.17. The monoisotopic (exact) mass is 345 g/mol. The Morgan fingerprint density at radius 1 is 1.33 bits per heavy atom. The molecule has 1 atom stereocenters. The summed E-state index contributed by atoms with van der Waals surface area (Å²) >= 11 is 1.61. The third-order valence-corrected chi connectivity index (χ3v) is 5.54. The zero-order valence-electron chi connectivity index (χ0n) is 14.5. The Morgan fingerprint density at radius 3 is 2.79 bits per heavy atom. The highest BCUT2D eigenvalue weighted by Gasteiger charge is 2.29. The lowest BCUT2D eigenvalue weighted by molar-refractivity contribution is -0.127. The van der Waals surface area contributed by atoms with Gasteiger partial charge in [-0.05, 0) is 36.6 Å². The van der Waals surface area contributed by atoms with E-state index >= 15 is 0 Å². The molecule has 128 valence electrons. The summed E-state index contributed by atoms with van der Waals surface area (Å²) in [6, 6.07) is 4.14. The highest BCUT2D eigenvalue weighted by Crippen LogP contribution is 2.31. The van der Waals surface area contributed by atoms with Gasteiger partial charge in [-0.2, -0.15) is 0 Å². The van der Waals surface area contributed by atoms with E-state index in [-0.39, 0.29) is 5.91 Å². The number of amides is 1. The van der Waals surface area contributed by atoms with Crippen LogP contribution in [0.25, 0.3) is 0 Å². The van der Waals surface area contributed by atoms with E-state index in [2.05, 4.69) is 49.3 Å². The van der Waals surface area contributed by atoms with Crippen molar-refractivity contribution in [3.8, 4) is 5.75 Å². The summed E-state index contributed by atoms with van der Waals surface area (Å²) in [5, 5.41) is 13.3. The fourth-order valence-corrected chi connectivity index (χ4v) is 3.51. The summed E-state index contributed by atoms with van der Waals surface area (Å²) in [4.78, 5) is 12.3. The Morgan fingerprint density at radius 2 is 2.08 bits per heavy atom. The fraction of sp³-hybridized carbons (Fsp3) is 0.500. The molecule has 2 heterocycles. The van der Waals surface area contributed by atoms with Crippen LogP contribution >= 0.6 is 11.3 Å². The number of benzene rings is 1. The lowest BCUT2D eigenvalue weighted by Gasteiger charge is -2.10. The second-order valence-electron chi connectivity index (χ2n) is 6.58. The summed E-state index contributed by atoms with van der Waals surface area (Å²) in [5.41, 5.74) is 3.53. The molecule has 1 aliphatic heterocycles. The van der Waals surface area contributed by atoms with Crippen LogP contribution in [-0.4, -0.2) is 28.8 Å². The molecule has 0 radical (unpaired) electrons. The first-order valence-corrected chi connectivity index (χ1v) is 9.12. The van der Waals surface area contributed by atoms with Gasteiger partial charge in [0.1, 0.15) is 15.8 Å². The van der Waals surface area contributed by atoms with Gasteiger partial charge in [0.2, 0.25) is 0 Å². The van der Waals surface area contributed by atoms with Crippen LogP contribution in [0.15, 0.2) is 12.1 Å². The van der Waals surface area contributed by atoms with E-state index in [1.165, 1.54) is 11.1 Å². The molecular formula is C18H23N3O2S. The highest BCUT2D eigenvalue weighted by molar-refractivity contribution is 7.11. The Kier molecular flexibility index (Phi) is 4.85. The van der Waals surface area contributed by atoms with Crippen molar-refractivity contribution in [3.05, 3.63) is 38.8 Å². The highest BCUT2D eigenvalue weighted by atomic mass is 32.1. The van der Waals surface area contributed by atoms with Crippen LogP contribution in [-0.2, 0) is 17.6 Å². The minimum absolute atomic E-state index is 0.0601. The van der Waals surface area contributed by atoms with Gasteiger partial charge in [0.25, 0.3) is 5.91 Å². The van der Waals surface area contributed by atoms with Crippen molar-refractivity contribution in [1.29, 1.82) is 0 Å². The van der Waals surface area contributed by atoms with E-state index in [0.29, 0.717) is 25.3 Å². The summed E-state index contributed by atoms with van der Waals surface area (Å²) in [6.45, 7) is 8.89. The van der Waals surface area contributed by atoms with Gasteiger partial charge in [0.05, 0.1) is 0 Å².